The Morgan fingerprint density at radius 2 is 1.67 bits per heavy atom. The number of benzene rings is 2. The molecule has 0 unspecified atom stereocenters. The van der Waals surface area contributed by atoms with Gasteiger partial charge < -0.3 is 9.78 Å². The SMILES string of the molecule is Cc1[nH]c2ccccc2c1[C@H](c1ccccc1)[C@@H](C)C=O. The first-order valence-electron chi connectivity index (χ1n) is 7.30. The van der Waals surface area contributed by atoms with Crippen LogP contribution in [0.15, 0.2) is 54.6 Å². The van der Waals surface area contributed by atoms with Crippen molar-refractivity contribution in [1.29, 1.82) is 0 Å². The van der Waals surface area contributed by atoms with Crippen LogP contribution in [0.3, 0.4) is 0 Å². The molecule has 0 saturated carbocycles. The van der Waals surface area contributed by atoms with Gasteiger partial charge in [-0.05, 0) is 24.1 Å². The monoisotopic (exact) mass is 277 g/mol. The van der Waals surface area contributed by atoms with Crippen molar-refractivity contribution in [1.82, 2.24) is 4.98 Å². The summed E-state index contributed by atoms with van der Waals surface area (Å²) in [4.78, 5) is 14.9. The molecule has 0 saturated heterocycles. The molecule has 3 aromatic rings. The van der Waals surface area contributed by atoms with Gasteiger partial charge in [0.1, 0.15) is 6.29 Å². The fraction of sp³-hybridized carbons (Fsp3) is 0.211. The number of hydrogen-bond acceptors (Lipinski definition) is 1. The Labute approximate surface area is 124 Å². The first-order valence-corrected chi connectivity index (χ1v) is 7.30. The Balaban J connectivity index is 2.24. The highest BCUT2D eigenvalue weighted by Crippen LogP contribution is 2.37. The van der Waals surface area contributed by atoms with Gasteiger partial charge in [-0.1, -0.05) is 55.5 Å². The Morgan fingerprint density at radius 3 is 2.38 bits per heavy atom. The molecule has 2 atom stereocenters. The first-order chi connectivity index (χ1) is 10.2. The Morgan fingerprint density at radius 1 is 1.00 bits per heavy atom. The molecule has 21 heavy (non-hydrogen) atoms. The van der Waals surface area contributed by atoms with Gasteiger partial charge in [0.2, 0.25) is 0 Å². The van der Waals surface area contributed by atoms with Gasteiger partial charge in [-0.25, -0.2) is 0 Å². The Bertz CT molecular complexity index is 758. The van der Waals surface area contributed by atoms with Gasteiger partial charge in [-0.3, -0.25) is 0 Å². The van der Waals surface area contributed by atoms with Crippen LogP contribution in [0.1, 0.15) is 29.7 Å². The van der Waals surface area contributed by atoms with Gasteiger partial charge in [0.25, 0.3) is 0 Å². The van der Waals surface area contributed by atoms with Crippen LogP contribution in [0.4, 0.5) is 0 Å². The minimum atomic E-state index is -0.0645. The predicted octanol–water partition coefficient (Wildman–Crippen LogP) is 4.44. The second kappa shape index (κ2) is 5.57. The third-order valence-electron chi connectivity index (χ3n) is 4.15. The smallest absolute Gasteiger partial charge is 0.123 e. The summed E-state index contributed by atoms with van der Waals surface area (Å²) in [6, 6.07) is 18.6. The van der Waals surface area contributed by atoms with Crippen molar-refractivity contribution >= 4 is 17.2 Å². The zero-order chi connectivity index (χ0) is 14.8. The molecule has 1 aromatic heterocycles. The normalized spacial score (nSPS) is 14.0. The number of aldehydes is 1. The van der Waals surface area contributed by atoms with Crippen LogP contribution >= 0.6 is 0 Å². The van der Waals surface area contributed by atoms with E-state index in [9.17, 15) is 4.79 Å². The van der Waals surface area contributed by atoms with Gasteiger partial charge in [-0.15, -0.1) is 0 Å². The number of hydrogen-bond donors (Lipinski definition) is 1. The maximum Gasteiger partial charge on any atom is 0.123 e. The van der Waals surface area contributed by atoms with Gasteiger partial charge in [-0.2, -0.15) is 0 Å². The standard InChI is InChI=1S/C19H19NO/c1-13(12-21)18(15-8-4-3-5-9-15)19-14(2)20-17-11-7-6-10-16(17)19/h3-13,18,20H,1-2H3/t13-,18-/m0/s1. The van der Waals surface area contributed by atoms with Crippen LogP contribution in [-0.2, 0) is 4.79 Å². The number of nitrogens with one attached hydrogen (secondary N) is 1. The van der Waals surface area contributed by atoms with Crippen LogP contribution in [0, 0.1) is 12.8 Å². The van der Waals surface area contributed by atoms with Gasteiger partial charge in [0.05, 0.1) is 0 Å². The predicted molar refractivity (Wildman–Crippen MR) is 86.5 cm³/mol. The second-order valence-electron chi connectivity index (χ2n) is 5.59. The van der Waals surface area contributed by atoms with Crippen LogP contribution in [0.25, 0.3) is 10.9 Å². The fourth-order valence-electron chi connectivity index (χ4n) is 3.17. The van der Waals surface area contributed by atoms with E-state index in [4.69, 9.17) is 0 Å². The molecule has 0 radical (unpaired) electrons. The third-order valence-corrected chi connectivity index (χ3v) is 4.15. The van der Waals surface area contributed by atoms with Crippen molar-refractivity contribution in [3.63, 3.8) is 0 Å². The summed E-state index contributed by atoms with van der Waals surface area (Å²) in [6.07, 6.45) is 1.05. The maximum atomic E-state index is 11.5. The number of carbonyl (C=O) groups excluding carboxylic acids is 1. The Hall–Kier alpha value is -2.35. The number of fused-ring (bicyclic) bond motifs is 1. The number of aromatic nitrogens is 1. The number of H-pyrrole nitrogens is 1. The molecular weight excluding hydrogens is 258 g/mol. The third kappa shape index (κ3) is 2.38. The van der Waals surface area contributed by atoms with Crippen molar-refractivity contribution in [3.8, 4) is 0 Å². The molecule has 0 aliphatic heterocycles. The van der Waals surface area contributed by atoms with Crippen molar-refractivity contribution in [2.45, 2.75) is 19.8 Å². The molecule has 1 N–H and O–H groups in total. The summed E-state index contributed by atoms with van der Waals surface area (Å²) in [5, 5.41) is 1.21. The summed E-state index contributed by atoms with van der Waals surface area (Å²) in [6.45, 7) is 4.08. The fourth-order valence-corrected chi connectivity index (χ4v) is 3.17. The van der Waals surface area contributed by atoms with Crippen LogP contribution < -0.4 is 0 Å². The summed E-state index contributed by atoms with van der Waals surface area (Å²) < 4.78 is 0. The molecule has 2 nitrogen and oxygen atoms in total. The van der Waals surface area contributed by atoms with E-state index >= 15 is 0 Å². The van der Waals surface area contributed by atoms with E-state index in [0.29, 0.717) is 0 Å². The summed E-state index contributed by atoms with van der Waals surface area (Å²) in [5.41, 5.74) is 4.68. The number of aryl methyl sites for hydroxylation is 1. The highest BCUT2D eigenvalue weighted by Gasteiger charge is 2.25. The minimum Gasteiger partial charge on any atom is -0.358 e. The van der Waals surface area contributed by atoms with E-state index < -0.39 is 0 Å². The number of aromatic amines is 1. The molecule has 2 aromatic carbocycles. The number of rotatable bonds is 4. The number of carbonyl (C=O) groups is 1. The summed E-state index contributed by atoms with van der Waals surface area (Å²) in [5.74, 6) is 0.0187. The highest BCUT2D eigenvalue weighted by atomic mass is 16.1. The van der Waals surface area contributed by atoms with Gasteiger partial charge >= 0.3 is 0 Å². The molecule has 3 rings (SSSR count). The van der Waals surface area contributed by atoms with E-state index in [1.165, 1.54) is 16.5 Å². The highest BCUT2D eigenvalue weighted by molar-refractivity contribution is 5.86. The molecule has 1 heterocycles. The molecule has 0 bridgehead atoms. The Kier molecular flexibility index (Phi) is 3.61. The van der Waals surface area contributed by atoms with Crippen molar-refractivity contribution < 1.29 is 4.79 Å². The lowest BCUT2D eigenvalue weighted by molar-refractivity contribution is -0.110. The molecule has 0 fully saturated rings. The lowest BCUT2D eigenvalue weighted by atomic mass is 9.81. The quantitative estimate of drug-likeness (QED) is 0.702. The second-order valence-corrected chi connectivity index (χ2v) is 5.59. The van der Waals surface area contributed by atoms with Gasteiger partial charge in [0.15, 0.2) is 0 Å². The van der Waals surface area contributed by atoms with Crippen molar-refractivity contribution in [2.24, 2.45) is 5.92 Å². The summed E-state index contributed by atoms with van der Waals surface area (Å²) >= 11 is 0. The largest absolute Gasteiger partial charge is 0.358 e. The average Bonchev–Trinajstić information content (AvgIpc) is 2.85. The topological polar surface area (TPSA) is 32.9 Å². The first kappa shape index (κ1) is 13.6. The zero-order valence-electron chi connectivity index (χ0n) is 12.3. The molecule has 106 valence electrons. The van der Waals surface area contributed by atoms with E-state index in [-0.39, 0.29) is 11.8 Å². The van der Waals surface area contributed by atoms with Gasteiger partial charge in [0, 0.05) is 28.4 Å². The lowest BCUT2D eigenvalue weighted by Gasteiger charge is -2.21. The lowest BCUT2D eigenvalue weighted by Crippen LogP contribution is -2.13. The molecule has 0 spiro atoms. The van der Waals surface area contributed by atoms with E-state index in [1.54, 1.807) is 0 Å². The molecule has 0 aliphatic rings. The molecular formula is C19H19NO. The van der Waals surface area contributed by atoms with Crippen LogP contribution in [0.2, 0.25) is 0 Å². The molecule has 2 heteroatoms. The summed E-state index contributed by atoms with van der Waals surface area (Å²) in [7, 11) is 0. The number of para-hydroxylation sites is 1. The van der Waals surface area contributed by atoms with Crippen molar-refractivity contribution in [3.05, 3.63) is 71.4 Å². The van der Waals surface area contributed by atoms with E-state index in [0.717, 1.165) is 17.5 Å². The average molecular weight is 277 g/mol. The van der Waals surface area contributed by atoms with Crippen LogP contribution in [-0.4, -0.2) is 11.3 Å². The van der Waals surface area contributed by atoms with E-state index in [2.05, 4.69) is 36.2 Å². The zero-order valence-corrected chi connectivity index (χ0v) is 12.3. The van der Waals surface area contributed by atoms with Crippen LogP contribution in [0.5, 0.6) is 0 Å². The molecule has 0 aliphatic carbocycles. The minimum absolute atomic E-state index is 0.0645. The van der Waals surface area contributed by atoms with E-state index in [1.807, 2.05) is 37.3 Å². The molecule has 0 amide bonds. The van der Waals surface area contributed by atoms with Crippen molar-refractivity contribution in [2.75, 3.05) is 0 Å². The maximum absolute atomic E-state index is 11.5.